The molecule has 1 aliphatic rings. The molecule has 0 spiro atoms. The molecule has 0 radical (unpaired) electrons. The van der Waals surface area contributed by atoms with Crippen LogP contribution in [0.4, 0.5) is 8.78 Å². The van der Waals surface area contributed by atoms with Crippen molar-refractivity contribution in [3.8, 4) is 22.8 Å². The quantitative estimate of drug-likeness (QED) is 0.727. The lowest BCUT2D eigenvalue weighted by Gasteiger charge is -2.08. The maximum atomic E-state index is 13.2. The van der Waals surface area contributed by atoms with Gasteiger partial charge in [-0.05, 0) is 24.3 Å². The minimum Gasteiger partial charge on any atom is -0.454 e. The second kappa shape index (κ2) is 4.41. The van der Waals surface area contributed by atoms with Gasteiger partial charge in [0.2, 0.25) is 6.79 Å². The van der Waals surface area contributed by atoms with Crippen molar-refractivity contribution < 1.29 is 18.3 Å². The fraction of sp³-hybridized carbons (Fsp3) is 0.143. The second-order valence-corrected chi connectivity index (χ2v) is 4.54. The Hall–Kier alpha value is -2.70. The van der Waals surface area contributed by atoms with Crippen molar-refractivity contribution in [2.24, 2.45) is 0 Å². The fourth-order valence-electron chi connectivity index (χ4n) is 2.30. The fourth-order valence-corrected chi connectivity index (χ4v) is 2.30. The Labute approximate surface area is 117 Å². The van der Waals surface area contributed by atoms with E-state index in [0.29, 0.717) is 28.4 Å². The molecule has 3 aromatic rings. The lowest BCUT2D eigenvalue weighted by Crippen LogP contribution is -2.02. The second-order valence-electron chi connectivity index (χ2n) is 4.54. The molecule has 0 saturated carbocycles. The SMILES string of the molecule is FC(F)c1cc(-c2ccc3c(c2)OCO3)nc2ccnn12. The average molecular weight is 289 g/mol. The van der Waals surface area contributed by atoms with Gasteiger partial charge in [-0.15, -0.1) is 0 Å². The third kappa shape index (κ3) is 1.89. The summed E-state index contributed by atoms with van der Waals surface area (Å²) in [5, 5.41) is 3.86. The number of rotatable bonds is 2. The van der Waals surface area contributed by atoms with E-state index in [0.717, 1.165) is 4.52 Å². The third-order valence-electron chi connectivity index (χ3n) is 3.28. The van der Waals surface area contributed by atoms with E-state index in [1.54, 1.807) is 24.3 Å². The summed E-state index contributed by atoms with van der Waals surface area (Å²) in [6.07, 6.45) is -1.19. The van der Waals surface area contributed by atoms with Gasteiger partial charge in [0, 0.05) is 11.6 Å². The average Bonchev–Trinajstić information content (AvgIpc) is 3.13. The van der Waals surface area contributed by atoms with Crippen LogP contribution in [0.3, 0.4) is 0 Å². The zero-order valence-corrected chi connectivity index (χ0v) is 10.7. The largest absolute Gasteiger partial charge is 0.454 e. The van der Waals surface area contributed by atoms with Crippen LogP contribution >= 0.6 is 0 Å². The number of nitrogens with zero attached hydrogens (tertiary/aromatic N) is 3. The molecule has 1 aromatic carbocycles. The Morgan fingerprint density at radius 3 is 2.81 bits per heavy atom. The summed E-state index contributed by atoms with van der Waals surface area (Å²) in [6, 6.07) is 8.15. The molecule has 0 N–H and O–H groups in total. The molecule has 21 heavy (non-hydrogen) atoms. The summed E-state index contributed by atoms with van der Waals surface area (Å²) in [5.41, 5.74) is 1.31. The molecule has 7 heteroatoms. The van der Waals surface area contributed by atoms with Crippen molar-refractivity contribution in [1.82, 2.24) is 14.6 Å². The predicted octanol–water partition coefficient (Wildman–Crippen LogP) is 3.06. The minimum absolute atomic E-state index is 0.163. The maximum Gasteiger partial charge on any atom is 0.280 e. The van der Waals surface area contributed by atoms with Gasteiger partial charge < -0.3 is 9.47 Å². The van der Waals surface area contributed by atoms with Crippen molar-refractivity contribution >= 4 is 5.65 Å². The standard InChI is InChI=1S/C14H9F2N3O2/c15-14(16)10-6-9(18-13-3-4-17-19(10)13)8-1-2-11-12(5-8)21-7-20-11/h1-6,14H,7H2. The summed E-state index contributed by atoms with van der Waals surface area (Å²) in [5.74, 6) is 1.22. The van der Waals surface area contributed by atoms with Gasteiger partial charge in [-0.1, -0.05) is 0 Å². The van der Waals surface area contributed by atoms with Gasteiger partial charge in [-0.2, -0.15) is 5.10 Å². The third-order valence-corrected chi connectivity index (χ3v) is 3.28. The van der Waals surface area contributed by atoms with E-state index in [4.69, 9.17) is 9.47 Å². The zero-order valence-electron chi connectivity index (χ0n) is 10.7. The molecule has 0 aliphatic carbocycles. The van der Waals surface area contributed by atoms with E-state index in [9.17, 15) is 8.78 Å². The summed E-state index contributed by atoms with van der Waals surface area (Å²) in [6.45, 7) is 0.163. The molecule has 0 bridgehead atoms. The minimum atomic E-state index is -2.64. The molecule has 5 nitrogen and oxygen atoms in total. The number of hydrogen-bond acceptors (Lipinski definition) is 4. The van der Waals surface area contributed by atoms with Crippen molar-refractivity contribution in [1.29, 1.82) is 0 Å². The first-order valence-electron chi connectivity index (χ1n) is 6.25. The van der Waals surface area contributed by atoms with Crippen LogP contribution < -0.4 is 9.47 Å². The Kier molecular flexibility index (Phi) is 2.53. The molecule has 0 fully saturated rings. The van der Waals surface area contributed by atoms with Gasteiger partial charge in [0.15, 0.2) is 17.1 Å². The van der Waals surface area contributed by atoms with E-state index < -0.39 is 6.43 Å². The molecular weight excluding hydrogens is 280 g/mol. The smallest absolute Gasteiger partial charge is 0.280 e. The van der Waals surface area contributed by atoms with E-state index in [1.165, 1.54) is 12.3 Å². The van der Waals surface area contributed by atoms with Crippen LogP contribution in [0, 0.1) is 0 Å². The summed E-state index contributed by atoms with van der Waals surface area (Å²) in [7, 11) is 0. The highest BCUT2D eigenvalue weighted by Gasteiger charge is 2.18. The van der Waals surface area contributed by atoms with Crippen molar-refractivity contribution in [2.45, 2.75) is 6.43 Å². The first kappa shape index (κ1) is 12.1. The number of fused-ring (bicyclic) bond motifs is 2. The summed E-state index contributed by atoms with van der Waals surface area (Å²) >= 11 is 0. The number of alkyl halides is 2. The molecule has 106 valence electrons. The number of aromatic nitrogens is 3. The highest BCUT2D eigenvalue weighted by atomic mass is 19.3. The molecular formula is C14H9F2N3O2. The van der Waals surface area contributed by atoms with E-state index in [2.05, 4.69) is 10.1 Å². The predicted molar refractivity (Wildman–Crippen MR) is 69.5 cm³/mol. The van der Waals surface area contributed by atoms with E-state index in [1.807, 2.05) is 0 Å². The van der Waals surface area contributed by atoms with Crippen LogP contribution in [0.5, 0.6) is 11.5 Å². The highest BCUT2D eigenvalue weighted by Crippen LogP contribution is 2.36. The van der Waals surface area contributed by atoms with Crippen molar-refractivity contribution in [3.05, 3.63) is 42.2 Å². The Morgan fingerprint density at radius 1 is 1.10 bits per heavy atom. The zero-order chi connectivity index (χ0) is 14.4. The first-order valence-corrected chi connectivity index (χ1v) is 6.25. The molecule has 2 aromatic heterocycles. The van der Waals surface area contributed by atoms with E-state index >= 15 is 0 Å². The molecule has 0 amide bonds. The molecule has 1 aliphatic heterocycles. The molecule has 3 heterocycles. The van der Waals surface area contributed by atoms with Gasteiger partial charge in [0.25, 0.3) is 6.43 Å². The van der Waals surface area contributed by atoms with Crippen LogP contribution in [0.15, 0.2) is 36.5 Å². The summed E-state index contributed by atoms with van der Waals surface area (Å²) in [4.78, 5) is 4.34. The van der Waals surface area contributed by atoms with Gasteiger partial charge in [-0.25, -0.2) is 18.3 Å². The molecule has 0 atom stereocenters. The van der Waals surface area contributed by atoms with Gasteiger partial charge in [0.1, 0.15) is 5.69 Å². The van der Waals surface area contributed by atoms with Crippen molar-refractivity contribution in [3.63, 3.8) is 0 Å². The van der Waals surface area contributed by atoms with Crippen LogP contribution in [0.25, 0.3) is 16.9 Å². The first-order chi connectivity index (χ1) is 10.2. The lowest BCUT2D eigenvalue weighted by atomic mass is 10.1. The van der Waals surface area contributed by atoms with Crippen LogP contribution in [0.2, 0.25) is 0 Å². The monoisotopic (exact) mass is 289 g/mol. The topological polar surface area (TPSA) is 48.7 Å². The number of benzene rings is 1. The van der Waals surface area contributed by atoms with Crippen LogP contribution in [-0.2, 0) is 0 Å². The Balaban J connectivity index is 1.90. The summed E-state index contributed by atoms with van der Waals surface area (Å²) < 4.78 is 38.0. The molecule has 0 saturated heterocycles. The van der Waals surface area contributed by atoms with Gasteiger partial charge >= 0.3 is 0 Å². The van der Waals surface area contributed by atoms with Gasteiger partial charge in [-0.3, -0.25) is 0 Å². The van der Waals surface area contributed by atoms with Crippen LogP contribution in [-0.4, -0.2) is 21.4 Å². The number of hydrogen-bond donors (Lipinski definition) is 0. The van der Waals surface area contributed by atoms with Crippen LogP contribution in [0.1, 0.15) is 12.1 Å². The van der Waals surface area contributed by atoms with Crippen molar-refractivity contribution in [2.75, 3.05) is 6.79 Å². The van der Waals surface area contributed by atoms with E-state index in [-0.39, 0.29) is 12.5 Å². The highest BCUT2D eigenvalue weighted by molar-refractivity contribution is 5.66. The Bertz CT molecular complexity index is 832. The Morgan fingerprint density at radius 2 is 1.95 bits per heavy atom. The normalized spacial score (nSPS) is 13.3. The van der Waals surface area contributed by atoms with Gasteiger partial charge in [0.05, 0.1) is 11.9 Å². The molecule has 0 unspecified atom stereocenters. The maximum absolute atomic E-state index is 13.2. The lowest BCUT2D eigenvalue weighted by molar-refractivity contribution is 0.143. The molecule has 4 rings (SSSR count). The number of halogens is 2. The number of ether oxygens (including phenoxy) is 2.